The lowest BCUT2D eigenvalue weighted by atomic mass is 9.67. The van der Waals surface area contributed by atoms with E-state index in [0.717, 1.165) is 5.46 Å². The van der Waals surface area contributed by atoms with E-state index in [4.69, 9.17) is 9.31 Å². The minimum Gasteiger partial charge on any atom is -0.399 e. The van der Waals surface area contributed by atoms with Crippen molar-refractivity contribution in [2.45, 2.75) is 54.1 Å². The van der Waals surface area contributed by atoms with E-state index in [9.17, 15) is 0 Å². The summed E-state index contributed by atoms with van der Waals surface area (Å²) in [7, 11) is -0.379. The van der Waals surface area contributed by atoms with Crippen LogP contribution in [-0.4, -0.2) is 18.3 Å². The SMILES string of the molecule is CC1(C)OB(c2ccc3c(c2)-c2ccccc2C32c3ccccc3Sc3ccccc32)OC1(C)C. The summed E-state index contributed by atoms with van der Waals surface area (Å²) < 4.78 is 12.8. The van der Waals surface area contributed by atoms with Gasteiger partial charge in [-0.2, -0.15) is 0 Å². The van der Waals surface area contributed by atoms with Crippen molar-refractivity contribution in [3.63, 3.8) is 0 Å². The second kappa shape index (κ2) is 7.13. The molecule has 3 aliphatic rings. The first-order valence-corrected chi connectivity index (χ1v) is 13.1. The monoisotopic (exact) mass is 474 g/mol. The minimum absolute atomic E-state index is 0.334. The van der Waals surface area contributed by atoms with Gasteiger partial charge in [0.25, 0.3) is 0 Å². The van der Waals surface area contributed by atoms with Crippen LogP contribution in [0.4, 0.5) is 0 Å². The van der Waals surface area contributed by atoms with Crippen molar-refractivity contribution in [3.8, 4) is 11.1 Å². The minimum atomic E-state index is -0.379. The summed E-state index contributed by atoms with van der Waals surface area (Å²) >= 11 is 1.88. The van der Waals surface area contributed by atoms with Crippen LogP contribution in [0.15, 0.2) is 101 Å². The Kier molecular flexibility index (Phi) is 4.38. The topological polar surface area (TPSA) is 18.5 Å². The van der Waals surface area contributed by atoms with Gasteiger partial charge in [-0.15, -0.1) is 0 Å². The molecule has 35 heavy (non-hydrogen) atoms. The highest BCUT2D eigenvalue weighted by Crippen LogP contribution is 2.61. The Hall–Kier alpha value is -2.79. The highest BCUT2D eigenvalue weighted by atomic mass is 32.2. The summed E-state index contributed by atoms with van der Waals surface area (Å²) in [6, 6.07) is 33.5. The van der Waals surface area contributed by atoms with E-state index in [1.807, 2.05) is 11.8 Å². The van der Waals surface area contributed by atoms with Crippen molar-refractivity contribution in [1.82, 2.24) is 0 Å². The summed E-state index contributed by atoms with van der Waals surface area (Å²) in [6.07, 6.45) is 0. The Balaban J connectivity index is 1.51. The van der Waals surface area contributed by atoms with Gasteiger partial charge in [0.15, 0.2) is 0 Å². The van der Waals surface area contributed by atoms with Gasteiger partial charge in [-0.3, -0.25) is 0 Å². The highest BCUT2D eigenvalue weighted by molar-refractivity contribution is 7.99. The van der Waals surface area contributed by atoms with Crippen LogP contribution in [0, 0.1) is 0 Å². The Morgan fingerprint density at radius 2 is 1.09 bits per heavy atom. The van der Waals surface area contributed by atoms with Crippen molar-refractivity contribution in [3.05, 3.63) is 113 Å². The molecular weight excluding hydrogens is 447 g/mol. The zero-order valence-electron chi connectivity index (χ0n) is 20.5. The van der Waals surface area contributed by atoms with Crippen LogP contribution in [0.25, 0.3) is 11.1 Å². The van der Waals surface area contributed by atoms with Crippen LogP contribution in [0.3, 0.4) is 0 Å². The van der Waals surface area contributed by atoms with E-state index in [1.54, 1.807) is 0 Å². The molecule has 1 aliphatic carbocycles. The largest absolute Gasteiger partial charge is 0.494 e. The molecule has 0 aromatic heterocycles. The van der Waals surface area contributed by atoms with Gasteiger partial charge in [-0.05, 0) is 78.7 Å². The first-order chi connectivity index (χ1) is 16.8. The summed E-state index contributed by atoms with van der Waals surface area (Å²) in [5.41, 5.74) is 7.96. The van der Waals surface area contributed by atoms with Crippen molar-refractivity contribution in [2.24, 2.45) is 0 Å². The van der Waals surface area contributed by atoms with Gasteiger partial charge in [0, 0.05) is 9.79 Å². The molecule has 0 N–H and O–H groups in total. The maximum Gasteiger partial charge on any atom is 0.494 e. The number of rotatable bonds is 1. The number of hydrogen-bond acceptors (Lipinski definition) is 3. The molecule has 7 rings (SSSR count). The molecule has 2 aliphatic heterocycles. The van der Waals surface area contributed by atoms with Gasteiger partial charge in [-0.25, -0.2) is 0 Å². The van der Waals surface area contributed by atoms with Crippen molar-refractivity contribution in [1.29, 1.82) is 0 Å². The first-order valence-electron chi connectivity index (χ1n) is 12.3. The Morgan fingerprint density at radius 3 is 1.71 bits per heavy atom. The van der Waals surface area contributed by atoms with Crippen LogP contribution in [0.2, 0.25) is 0 Å². The lowest BCUT2D eigenvalue weighted by molar-refractivity contribution is 0.00578. The molecule has 172 valence electrons. The van der Waals surface area contributed by atoms with Crippen molar-refractivity contribution < 1.29 is 9.31 Å². The molecule has 0 radical (unpaired) electrons. The molecule has 4 aromatic carbocycles. The fourth-order valence-electron chi connectivity index (χ4n) is 6.00. The van der Waals surface area contributed by atoms with E-state index >= 15 is 0 Å². The third-order valence-electron chi connectivity index (χ3n) is 8.40. The van der Waals surface area contributed by atoms with Crippen LogP contribution in [0.5, 0.6) is 0 Å². The second-order valence-corrected chi connectivity index (χ2v) is 11.9. The molecule has 0 atom stereocenters. The van der Waals surface area contributed by atoms with Crippen molar-refractivity contribution in [2.75, 3.05) is 0 Å². The smallest absolute Gasteiger partial charge is 0.399 e. The van der Waals surface area contributed by atoms with Gasteiger partial charge in [-0.1, -0.05) is 90.6 Å². The van der Waals surface area contributed by atoms with Gasteiger partial charge >= 0.3 is 7.12 Å². The number of hydrogen-bond donors (Lipinski definition) is 0. The molecule has 0 bridgehead atoms. The molecule has 0 unspecified atom stereocenters. The maximum atomic E-state index is 6.42. The number of benzene rings is 4. The summed E-state index contributed by atoms with van der Waals surface area (Å²) in [5, 5.41) is 0. The summed E-state index contributed by atoms with van der Waals surface area (Å²) in [5.74, 6) is 0. The lowest BCUT2D eigenvalue weighted by Gasteiger charge is -2.39. The average molecular weight is 474 g/mol. The molecule has 4 aromatic rings. The van der Waals surface area contributed by atoms with Crippen LogP contribution in [0.1, 0.15) is 49.9 Å². The van der Waals surface area contributed by atoms with E-state index in [2.05, 4.69) is 119 Å². The van der Waals surface area contributed by atoms with E-state index in [0.29, 0.717) is 0 Å². The molecule has 0 amide bonds. The third kappa shape index (κ3) is 2.76. The Labute approximate surface area is 211 Å². The molecular formula is C31H27BO2S. The molecule has 4 heteroatoms. The highest BCUT2D eigenvalue weighted by Gasteiger charge is 2.53. The predicted octanol–water partition coefficient (Wildman–Crippen LogP) is 6.81. The van der Waals surface area contributed by atoms with E-state index in [1.165, 1.54) is 43.2 Å². The first kappa shape index (κ1) is 21.5. The average Bonchev–Trinajstić information content (AvgIpc) is 3.26. The van der Waals surface area contributed by atoms with Gasteiger partial charge in [0.05, 0.1) is 16.6 Å². The standard InChI is InChI=1S/C31H27BO2S/c1-29(2)30(3,4)34-32(33-29)20-17-18-24-22(19-20)21-11-5-6-12-23(21)31(24)25-13-7-9-15-27(25)35-28-16-10-8-14-26(28)31/h5-19H,1-4H3. The van der Waals surface area contributed by atoms with E-state index < -0.39 is 0 Å². The zero-order chi connectivity index (χ0) is 24.0. The molecule has 1 fully saturated rings. The normalized spacial score (nSPS) is 19.7. The fraction of sp³-hybridized carbons (Fsp3) is 0.226. The fourth-order valence-corrected chi connectivity index (χ4v) is 7.19. The molecule has 1 saturated heterocycles. The maximum absolute atomic E-state index is 6.42. The van der Waals surface area contributed by atoms with Gasteiger partial charge in [0.1, 0.15) is 0 Å². The Bertz CT molecular complexity index is 1440. The predicted molar refractivity (Wildman–Crippen MR) is 144 cm³/mol. The molecule has 0 saturated carbocycles. The molecule has 1 spiro atoms. The summed E-state index contributed by atoms with van der Waals surface area (Å²) in [6.45, 7) is 8.44. The number of fused-ring (bicyclic) bond motifs is 9. The van der Waals surface area contributed by atoms with Gasteiger partial charge in [0.2, 0.25) is 0 Å². The summed E-state index contributed by atoms with van der Waals surface area (Å²) in [4.78, 5) is 2.65. The van der Waals surface area contributed by atoms with Crippen LogP contribution in [-0.2, 0) is 14.7 Å². The third-order valence-corrected chi connectivity index (χ3v) is 9.55. The van der Waals surface area contributed by atoms with Gasteiger partial charge < -0.3 is 9.31 Å². The quantitative estimate of drug-likeness (QED) is 0.244. The lowest BCUT2D eigenvalue weighted by Crippen LogP contribution is -2.41. The second-order valence-electron chi connectivity index (χ2n) is 10.8. The zero-order valence-corrected chi connectivity index (χ0v) is 21.3. The van der Waals surface area contributed by atoms with E-state index in [-0.39, 0.29) is 23.7 Å². The van der Waals surface area contributed by atoms with Crippen LogP contribution < -0.4 is 5.46 Å². The van der Waals surface area contributed by atoms with Crippen LogP contribution >= 0.6 is 11.8 Å². The Morgan fingerprint density at radius 1 is 0.571 bits per heavy atom. The molecule has 2 heterocycles. The van der Waals surface area contributed by atoms with Crippen molar-refractivity contribution >= 4 is 24.3 Å². The molecule has 2 nitrogen and oxygen atoms in total.